The Morgan fingerprint density at radius 2 is 1.66 bits per heavy atom. The number of carbonyl (C=O) groups excluding carboxylic acids is 3. The number of ether oxygens (including phenoxy) is 3. The molecule has 0 heterocycles. The Labute approximate surface area is 171 Å². The van der Waals surface area contributed by atoms with Gasteiger partial charge in [-0.3, -0.25) is 14.4 Å². The lowest BCUT2D eigenvalue weighted by Gasteiger charge is -2.16. The van der Waals surface area contributed by atoms with Gasteiger partial charge < -0.3 is 14.2 Å². The Morgan fingerprint density at radius 3 is 2.28 bits per heavy atom. The van der Waals surface area contributed by atoms with E-state index in [9.17, 15) is 14.4 Å². The fraction of sp³-hybridized carbons (Fsp3) is 0.435. The SMILES string of the molecule is CCOC(=O)CC(C(=O)OCCC1=CC=CCC1)C(=O)OCCc1ccccc1. The first-order valence-corrected chi connectivity index (χ1v) is 9.97. The molecule has 0 aromatic heterocycles. The summed E-state index contributed by atoms with van der Waals surface area (Å²) in [5.74, 6) is -3.46. The molecule has 1 aromatic carbocycles. The molecule has 1 atom stereocenters. The molecule has 0 aliphatic heterocycles. The second kappa shape index (κ2) is 12.5. The summed E-state index contributed by atoms with van der Waals surface area (Å²) in [6, 6.07) is 9.55. The maximum absolute atomic E-state index is 12.4. The molecule has 0 saturated carbocycles. The van der Waals surface area contributed by atoms with Crippen molar-refractivity contribution in [3.8, 4) is 0 Å². The molecule has 1 unspecified atom stereocenters. The first-order valence-electron chi connectivity index (χ1n) is 9.97. The third-order valence-electron chi connectivity index (χ3n) is 4.49. The minimum Gasteiger partial charge on any atom is -0.466 e. The van der Waals surface area contributed by atoms with Crippen LogP contribution in [0.25, 0.3) is 0 Å². The summed E-state index contributed by atoms with van der Waals surface area (Å²) in [7, 11) is 0. The molecule has 0 N–H and O–H groups in total. The zero-order chi connectivity index (χ0) is 20.9. The molecular formula is C23H28O6. The lowest BCUT2D eigenvalue weighted by molar-refractivity contribution is -0.166. The summed E-state index contributed by atoms with van der Waals surface area (Å²) in [5, 5.41) is 0. The van der Waals surface area contributed by atoms with E-state index < -0.39 is 23.8 Å². The monoisotopic (exact) mass is 400 g/mol. The summed E-state index contributed by atoms with van der Waals surface area (Å²) in [6.07, 6.45) is 8.71. The summed E-state index contributed by atoms with van der Waals surface area (Å²) in [4.78, 5) is 36.7. The van der Waals surface area contributed by atoms with Crippen LogP contribution in [-0.4, -0.2) is 37.7 Å². The van der Waals surface area contributed by atoms with E-state index >= 15 is 0 Å². The molecule has 1 aromatic rings. The van der Waals surface area contributed by atoms with E-state index in [2.05, 4.69) is 6.08 Å². The smallest absolute Gasteiger partial charge is 0.320 e. The second-order valence-electron chi connectivity index (χ2n) is 6.67. The predicted molar refractivity (Wildman–Crippen MR) is 108 cm³/mol. The van der Waals surface area contributed by atoms with Crippen molar-refractivity contribution in [1.29, 1.82) is 0 Å². The van der Waals surface area contributed by atoms with Gasteiger partial charge in [0, 0.05) is 12.8 Å². The minimum atomic E-state index is -1.31. The third kappa shape index (κ3) is 8.34. The van der Waals surface area contributed by atoms with E-state index in [0.717, 1.165) is 18.4 Å². The lowest BCUT2D eigenvalue weighted by atomic mass is 10.0. The summed E-state index contributed by atoms with van der Waals surface area (Å²) < 4.78 is 15.4. The topological polar surface area (TPSA) is 78.9 Å². The summed E-state index contributed by atoms with van der Waals surface area (Å²) in [5.41, 5.74) is 2.20. The van der Waals surface area contributed by atoms with Gasteiger partial charge in [-0.1, -0.05) is 54.1 Å². The Hall–Kier alpha value is -2.89. The van der Waals surface area contributed by atoms with E-state index in [-0.39, 0.29) is 26.2 Å². The number of rotatable bonds is 11. The Kier molecular flexibility index (Phi) is 9.69. The maximum atomic E-state index is 12.4. The number of carbonyl (C=O) groups is 3. The number of allylic oxidation sites excluding steroid dienone is 3. The molecule has 1 aliphatic rings. The van der Waals surface area contributed by atoms with E-state index in [1.165, 1.54) is 5.57 Å². The normalized spacial score (nSPS) is 13.9. The predicted octanol–water partition coefficient (Wildman–Crippen LogP) is 3.55. The molecule has 1 aliphatic carbocycles. The van der Waals surface area contributed by atoms with Crippen LogP contribution in [0.2, 0.25) is 0 Å². The second-order valence-corrected chi connectivity index (χ2v) is 6.67. The first-order chi connectivity index (χ1) is 14.1. The standard InChI is InChI=1S/C23H28O6/c1-2-27-21(24)17-20(22(25)28-15-13-18-9-5-3-6-10-18)23(26)29-16-14-19-11-7-4-8-12-19/h3-7,9-11,20H,2,8,12-17H2,1H3. The molecule has 0 spiro atoms. The highest BCUT2D eigenvalue weighted by Crippen LogP contribution is 2.16. The molecule has 29 heavy (non-hydrogen) atoms. The van der Waals surface area contributed by atoms with Crippen molar-refractivity contribution >= 4 is 17.9 Å². The first kappa shape index (κ1) is 22.4. The van der Waals surface area contributed by atoms with Crippen LogP contribution < -0.4 is 0 Å². The van der Waals surface area contributed by atoms with Gasteiger partial charge in [-0.2, -0.15) is 0 Å². The molecule has 0 bridgehead atoms. The van der Waals surface area contributed by atoms with Gasteiger partial charge in [-0.05, 0) is 25.3 Å². The fourth-order valence-corrected chi connectivity index (χ4v) is 2.91. The average molecular weight is 400 g/mol. The average Bonchev–Trinajstić information content (AvgIpc) is 2.73. The van der Waals surface area contributed by atoms with Crippen LogP contribution in [0.1, 0.15) is 38.2 Å². The van der Waals surface area contributed by atoms with Crippen LogP contribution >= 0.6 is 0 Å². The molecule has 6 heteroatoms. The van der Waals surface area contributed by atoms with Crippen molar-refractivity contribution in [1.82, 2.24) is 0 Å². The minimum absolute atomic E-state index is 0.120. The molecule has 0 saturated heterocycles. The van der Waals surface area contributed by atoms with Gasteiger partial charge in [0.25, 0.3) is 0 Å². The van der Waals surface area contributed by atoms with Crippen molar-refractivity contribution in [2.45, 2.75) is 39.0 Å². The lowest BCUT2D eigenvalue weighted by Crippen LogP contribution is -2.31. The van der Waals surface area contributed by atoms with Gasteiger partial charge in [0.05, 0.1) is 26.2 Å². The molecule has 6 nitrogen and oxygen atoms in total. The van der Waals surface area contributed by atoms with Crippen molar-refractivity contribution in [3.63, 3.8) is 0 Å². The number of hydrogen-bond acceptors (Lipinski definition) is 6. The fourth-order valence-electron chi connectivity index (χ4n) is 2.91. The van der Waals surface area contributed by atoms with Crippen LogP contribution in [0.5, 0.6) is 0 Å². The van der Waals surface area contributed by atoms with Gasteiger partial charge in [-0.15, -0.1) is 0 Å². The molecule has 0 radical (unpaired) electrons. The van der Waals surface area contributed by atoms with Crippen molar-refractivity contribution < 1.29 is 28.6 Å². The van der Waals surface area contributed by atoms with E-state index in [1.54, 1.807) is 6.92 Å². The van der Waals surface area contributed by atoms with Gasteiger partial charge in [0.1, 0.15) is 0 Å². The van der Waals surface area contributed by atoms with E-state index in [0.29, 0.717) is 12.8 Å². The van der Waals surface area contributed by atoms with Crippen LogP contribution in [0.3, 0.4) is 0 Å². The largest absolute Gasteiger partial charge is 0.466 e. The number of hydrogen-bond donors (Lipinski definition) is 0. The van der Waals surface area contributed by atoms with Gasteiger partial charge in [-0.25, -0.2) is 0 Å². The van der Waals surface area contributed by atoms with Crippen LogP contribution in [0, 0.1) is 5.92 Å². The maximum Gasteiger partial charge on any atom is 0.320 e. The van der Waals surface area contributed by atoms with Crippen LogP contribution in [0.15, 0.2) is 54.1 Å². The number of benzene rings is 1. The highest BCUT2D eigenvalue weighted by Gasteiger charge is 2.33. The Balaban J connectivity index is 1.86. The van der Waals surface area contributed by atoms with Crippen molar-refractivity contribution in [2.24, 2.45) is 5.92 Å². The van der Waals surface area contributed by atoms with Gasteiger partial charge in [0.15, 0.2) is 5.92 Å². The summed E-state index contributed by atoms with van der Waals surface area (Å²) >= 11 is 0. The van der Waals surface area contributed by atoms with Crippen molar-refractivity contribution in [3.05, 3.63) is 59.7 Å². The van der Waals surface area contributed by atoms with Crippen LogP contribution in [0.4, 0.5) is 0 Å². The zero-order valence-corrected chi connectivity index (χ0v) is 16.8. The molecule has 2 rings (SSSR count). The molecular weight excluding hydrogens is 372 g/mol. The van der Waals surface area contributed by atoms with Crippen LogP contribution in [-0.2, 0) is 35.0 Å². The zero-order valence-electron chi connectivity index (χ0n) is 16.8. The molecule has 0 amide bonds. The highest BCUT2D eigenvalue weighted by atomic mass is 16.6. The quantitative estimate of drug-likeness (QED) is 0.321. The van der Waals surface area contributed by atoms with Gasteiger partial charge >= 0.3 is 17.9 Å². The van der Waals surface area contributed by atoms with E-state index in [1.807, 2.05) is 42.5 Å². The Bertz CT molecular complexity index is 735. The Morgan fingerprint density at radius 1 is 0.966 bits per heavy atom. The molecule has 0 fully saturated rings. The highest BCUT2D eigenvalue weighted by molar-refractivity contribution is 5.98. The third-order valence-corrected chi connectivity index (χ3v) is 4.49. The van der Waals surface area contributed by atoms with Crippen molar-refractivity contribution in [2.75, 3.05) is 19.8 Å². The summed E-state index contributed by atoms with van der Waals surface area (Å²) in [6.45, 7) is 2.12. The van der Waals surface area contributed by atoms with E-state index in [4.69, 9.17) is 14.2 Å². The molecule has 156 valence electrons. The van der Waals surface area contributed by atoms with Gasteiger partial charge in [0.2, 0.25) is 0 Å². The number of esters is 3.